The number of hydrogen-bond acceptors (Lipinski definition) is 3. The summed E-state index contributed by atoms with van der Waals surface area (Å²) in [6, 6.07) is 0. The first-order valence-corrected chi connectivity index (χ1v) is 6.65. The first-order valence-electron chi connectivity index (χ1n) is 5.46. The van der Waals surface area contributed by atoms with Crippen molar-refractivity contribution < 1.29 is 0 Å². The fourth-order valence-corrected chi connectivity index (χ4v) is 3.52. The van der Waals surface area contributed by atoms with Crippen LogP contribution in [-0.2, 0) is 6.54 Å². The van der Waals surface area contributed by atoms with Crippen LogP contribution in [0.1, 0.15) is 25.1 Å². The molecule has 2 heterocycles. The molecule has 0 aliphatic carbocycles. The van der Waals surface area contributed by atoms with Crippen LogP contribution >= 0.6 is 22.9 Å². The van der Waals surface area contributed by atoms with Gasteiger partial charge in [0.1, 0.15) is 0 Å². The average molecular weight is 245 g/mol. The van der Waals surface area contributed by atoms with E-state index in [1.54, 1.807) is 11.3 Å². The number of hydrogen-bond donors (Lipinski definition) is 0. The largest absolute Gasteiger partial charge is 0.298 e. The van der Waals surface area contributed by atoms with Crippen molar-refractivity contribution in [1.29, 1.82) is 0 Å². The molecule has 1 aromatic heterocycles. The van der Waals surface area contributed by atoms with Gasteiger partial charge in [0.05, 0.1) is 0 Å². The standard InChI is InChI=1S/C11H17ClN2S/c1-8-3-9(2)6-14(5-8)7-10-4-13-11(12)15-10/h4,8-9H,3,5-7H2,1-2H3. The molecule has 0 amide bonds. The maximum atomic E-state index is 5.82. The van der Waals surface area contributed by atoms with Gasteiger partial charge >= 0.3 is 0 Å². The minimum Gasteiger partial charge on any atom is -0.298 e. The molecule has 15 heavy (non-hydrogen) atoms. The van der Waals surface area contributed by atoms with Gasteiger partial charge in [0, 0.05) is 30.7 Å². The van der Waals surface area contributed by atoms with Gasteiger partial charge in [-0.25, -0.2) is 4.98 Å². The Labute approximate surface area is 100 Å². The van der Waals surface area contributed by atoms with Crippen LogP contribution in [0.5, 0.6) is 0 Å². The number of rotatable bonds is 2. The third-order valence-corrected chi connectivity index (χ3v) is 3.95. The molecule has 2 atom stereocenters. The molecular formula is C11H17ClN2S. The molecule has 1 aliphatic rings. The van der Waals surface area contributed by atoms with E-state index in [-0.39, 0.29) is 0 Å². The highest BCUT2D eigenvalue weighted by Gasteiger charge is 2.22. The lowest BCUT2D eigenvalue weighted by molar-refractivity contribution is 0.135. The van der Waals surface area contributed by atoms with Crippen molar-refractivity contribution in [2.24, 2.45) is 11.8 Å². The summed E-state index contributed by atoms with van der Waals surface area (Å²) in [7, 11) is 0. The van der Waals surface area contributed by atoms with Gasteiger partial charge in [-0.1, -0.05) is 25.4 Å². The van der Waals surface area contributed by atoms with Crippen molar-refractivity contribution >= 4 is 22.9 Å². The highest BCUT2D eigenvalue weighted by molar-refractivity contribution is 7.15. The van der Waals surface area contributed by atoms with Crippen molar-refractivity contribution in [1.82, 2.24) is 9.88 Å². The van der Waals surface area contributed by atoms with Gasteiger partial charge in [-0.3, -0.25) is 4.90 Å². The van der Waals surface area contributed by atoms with E-state index in [4.69, 9.17) is 11.6 Å². The Morgan fingerprint density at radius 1 is 1.47 bits per heavy atom. The summed E-state index contributed by atoms with van der Waals surface area (Å²) in [4.78, 5) is 7.87. The molecule has 84 valence electrons. The first-order chi connectivity index (χ1) is 7.13. The molecule has 0 saturated carbocycles. The van der Waals surface area contributed by atoms with Crippen LogP contribution in [0.25, 0.3) is 0 Å². The predicted molar refractivity (Wildman–Crippen MR) is 65.3 cm³/mol. The molecule has 1 aromatic rings. The zero-order chi connectivity index (χ0) is 10.8. The summed E-state index contributed by atoms with van der Waals surface area (Å²) in [6.07, 6.45) is 3.26. The number of nitrogens with zero attached hydrogens (tertiary/aromatic N) is 2. The van der Waals surface area contributed by atoms with Gasteiger partial charge in [-0.05, 0) is 18.3 Å². The number of halogens is 1. The summed E-state index contributed by atoms with van der Waals surface area (Å²) in [6.45, 7) is 8.10. The van der Waals surface area contributed by atoms with Crippen molar-refractivity contribution in [3.8, 4) is 0 Å². The monoisotopic (exact) mass is 244 g/mol. The molecule has 4 heteroatoms. The van der Waals surface area contributed by atoms with Gasteiger partial charge in [0.15, 0.2) is 4.47 Å². The van der Waals surface area contributed by atoms with Gasteiger partial charge in [0.2, 0.25) is 0 Å². The van der Waals surface area contributed by atoms with E-state index >= 15 is 0 Å². The Hall–Kier alpha value is -0.120. The predicted octanol–water partition coefficient (Wildman–Crippen LogP) is 3.27. The van der Waals surface area contributed by atoms with E-state index in [0.717, 1.165) is 18.4 Å². The third kappa shape index (κ3) is 3.16. The molecule has 1 fully saturated rings. The molecule has 0 bridgehead atoms. The lowest BCUT2D eigenvalue weighted by Gasteiger charge is -2.34. The van der Waals surface area contributed by atoms with Crippen LogP contribution in [-0.4, -0.2) is 23.0 Å². The van der Waals surface area contributed by atoms with Crippen molar-refractivity contribution in [3.05, 3.63) is 15.5 Å². The van der Waals surface area contributed by atoms with Crippen LogP contribution in [0, 0.1) is 11.8 Å². The Kier molecular flexibility index (Phi) is 3.65. The van der Waals surface area contributed by atoms with E-state index in [9.17, 15) is 0 Å². The SMILES string of the molecule is CC1CC(C)CN(Cc2cnc(Cl)s2)C1. The smallest absolute Gasteiger partial charge is 0.183 e. The Balaban J connectivity index is 1.94. The van der Waals surface area contributed by atoms with Crippen LogP contribution in [0.4, 0.5) is 0 Å². The van der Waals surface area contributed by atoms with Gasteiger partial charge in [-0.15, -0.1) is 11.3 Å². The maximum absolute atomic E-state index is 5.82. The Bertz CT molecular complexity index is 316. The van der Waals surface area contributed by atoms with E-state index < -0.39 is 0 Å². The Morgan fingerprint density at radius 2 is 2.13 bits per heavy atom. The topological polar surface area (TPSA) is 16.1 Å². The molecule has 0 N–H and O–H groups in total. The average Bonchev–Trinajstić information content (AvgIpc) is 2.49. The van der Waals surface area contributed by atoms with Crippen LogP contribution in [0.3, 0.4) is 0 Å². The summed E-state index contributed by atoms with van der Waals surface area (Å²) >= 11 is 7.42. The zero-order valence-electron chi connectivity index (χ0n) is 9.24. The molecule has 2 rings (SSSR count). The fourth-order valence-electron chi connectivity index (χ4n) is 2.50. The highest BCUT2D eigenvalue weighted by atomic mass is 35.5. The van der Waals surface area contributed by atoms with E-state index in [0.29, 0.717) is 4.47 Å². The minimum absolute atomic E-state index is 0.656. The quantitative estimate of drug-likeness (QED) is 0.794. The summed E-state index contributed by atoms with van der Waals surface area (Å²) in [5.41, 5.74) is 0. The van der Waals surface area contributed by atoms with Crippen LogP contribution < -0.4 is 0 Å². The second-order valence-corrected chi connectivity index (χ2v) is 6.42. The number of thiazole rings is 1. The molecule has 2 unspecified atom stereocenters. The highest BCUT2D eigenvalue weighted by Crippen LogP contribution is 2.25. The van der Waals surface area contributed by atoms with Crippen molar-refractivity contribution in [2.45, 2.75) is 26.8 Å². The molecule has 2 nitrogen and oxygen atoms in total. The van der Waals surface area contributed by atoms with E-state index in [1.807, 2.05) is 6.20 Å². The molecule has 0 aromatic carbocycles. The van der Waals surface area contributed by atoms with E-state index in [1.165, 1.54) is 24.4 Å². The van der Waals surface area contributed by atoms with Crippen LogP contribution in [0.15, 0.2) is 6.20 Å². The Morgan fingerprint density at radius 3 is 2.67 bits per heavy atom. The fraction of sp³-hybridized carbons (Fsp3) is 0.727. The van der Waals surface area contributed by atoms with Crippen molar-refractivity contribution in [3.63, 3.8) is 0 Å². The molecular weight excluding hydrogens is 228 g/mol. The van der Waals surface area contributed by atoms with Crippen LogP contribution in [0.2, 0.25) is 4.47 Å². The second-order valence-electron chi connectivity index (χ2n) is 4.72. The lowest BCUT2D eigenvalue weighted by atomic mass is 9.92. The van der Waals surface area contributed by atoms with Gasteiger partial charge in [0.25, 0.3) is 0 Å². The summed E-state index contributed by atoms with van der Waals surface area (Å²) < 4.78 is 0.656. The second kappa shape index (κ2) is 4.81. The molecule has 1 saturated heterocycles. The summed E-state index contributed by atoms with van der Waals surface area (Å²) in [5, 5.41) is 0. The van der Waals surface area contributed by atoms with E-state index in [2.05, 4.69) is 23.7 Å². The number of aromatic nitrogens is 1. The van der Waals surface area contributed by atoms with Crippen molar-refractivity contribution in [2.75, 3.05) is 13.1 Å². The van der Waals surface area contributed by atoms with Gasteiger partial charge < -0.3 is 0 Å². The molecule has 0 radical (unpaired) electrons. The maximum Gasteiger partial charge on any atom is 0.183 e. The molecule has 0 spiro atoms. The number of likely N-dealkylation sites (tertiary alicyclic amines) is 1. The zero-order valence-corrected chi connectivity index (χ0v) is 10.8. The summed E-state index contributed by atoms with van der Waals surface area (Å²) in [5.74, 6) is 1.63. The number of piperidine rings is 1. The molecule has 1 aliphatic heterocycles. The third-order valence-electron chi connectivity index (χ3n) is 2.85. The minimum atomic E-state index is 0.656. The normalized spacial score (nSPS) is 28.2. The first kappa shape index (κ1) is 11.4. The lowest BCUT2D eigenvalue weighted by Crippen LogP contribution is -2.37. The van der Waals surface area contributed by atoms with Gasteiger partial charge in [-0.2, -0.15) is 0 Å².